The van der Waals surface area contributed by atoms with Crippen molar-refractivity contribution in [2.45, 2.75) is 20.0 Å². The number of hydrogen-bond donors (Lipinski definition) is 1. The van der Waals surface area contributed by atoms with Gasteiger partial charge >= 0.3 is 0 Å². The van der Waals surface area contributed by atoms with Crippen molar-refractivity contribution in [2.75, 3.05) is 19.0 Å². The van der Waals surface area contributed by atoms with E-state index in [-0.39, 0.29) is 0 Å². The molecule has 0 radical (unpaired) electrons. The molecule has 0 aromatic heterocycles. The maximum absolute atomic E-state index is 6.40. The highest BCUT2D eigenvalue weighted by Crippen LogP contribution is 2.27. The van der Waals surface area contributed by atoms with Crippen LogP contribution in [-0.2, 0) is 13.1 Å². The first-order valence-electron chi connectivity index (χ1n) is 6.80. The van der Waals surface area contributed by atoms with Gasteiger partial charge in [-0.25, -0.2) is 0 Å². The number of aryl methyl sites for hydroxylation is 1. The maximum Gasteiger partial charge on any atom is 0.0642 e. The molecule has 0 aliphatic heterocycles. The van der Waals surface area contributed by atoms with Crippen molar-refractivity contribution in [3.05, 3.63) is 64.2 Å². The van der Waals surface area contributed by atoms with Gasteiger partial charge in [0.1, 0.15) is 0 Å². The van der Waals surface area contributed by atoms with E-state index in [1.165, 1.54) is 16.7 Å². The molecule has 0 atom stereocenters. The quantitative estimate of drug-likeness (QED) is 0.894. The van der Waals surface area contributed by atoms with Gasteiger partial charge in [-0.3, -0.25) is 0 Å². The van der Waals surface area contributed by atoms with E-state index in [1.807, 2.05) is 13.1 Å². The van der Waals surface area contributed by atoms with Crippen molar-refractivity contribution in [3.63, 3.8) is 0 Å². The lowest BCUT2D eigenvalue weighted by atomic mass is 10.1. The van der Waals surface area contributed by atoms with E-state index in [9.17, 15) is 0 Å². The predicted octanol–water partition coefficient (Wildman–Crippen LogP) is 4.00. The number of benzene rings is 2. The molecular weight excluding hydrogens is 268 g/mol. The second-order valence-corrected chi connectivity index (χ2v) is 5.51. The molecule has 3 heteroatoms. The average molecular weight is 289 g/mol. The lowest BCUT2D eigenvalue weighted by Gasteiger charge is -2.22. The normalized spacial score (nSPS) is 10.6. The average Bonchev–Trinajstić information content (AvgIpc) is 2.42. The Balaban J connectivity index is 2.17. The zero-order valence-corrected chi connectivity index (χ0v) is 13.0. The standard InChI is InChI=1S/C17H21ClN2/c1-13-6-4-5-7-15(13)12-20(3)17-9-8-14(11-19-2)10-16(17)18/h4-10,19H,11-12H2,1-3H3. The van der Waals surface area contributed by atoms with Crippen LogP contribution in [0, 0.1) is 6.92 Å². The van der Waals surface area contributed by atoms with Gasteiger partial charge < -0.3 is 10.2 Å². The molecule has 2 rings (SSSR count). The smallest absolute Gasteiger partial charge is 0.0642 e. The van der Waals surface area contributed by atoms with Gasteiger partial charge in [-0.05, 0) is 42.8 Å². The fourth-order valence-corrected chi connectivity index (χ4v) is 2.65. The number of anilines is 1. The highest BCUT2D eigenvalue weighted by Gasteiger charge is 2.08. The molecule has 2 aromatic rings. The van der Waals surface area contributed by atoms with Crippen molar-refractivity contribution >= 4 is 17.3 Å². The van der Waals surface area contributed by atoms with E-state index in [4.69, 9.17) is 11.6 Å². The molecule has 20 heavy (non-hydrogen) atoms. The summed E-state index contributed by atoms with van der Waals surface area (Å²) in [4.78, 5) is 2.19. The van der Waals surface area contributed by atoms with Gasteiger partial charge in [0.2, 0.25) is 0 Å². The van der Waals surface area contributed by atoms with Crippen molar-refractivity contribution in [2.24, 2.45) is 0 Å². The molecule has 0 spiro atoms. The molecule has 0 saturated carbocycles. The van der Waals surface area contributed by atoms with Crippen molar-refractivity contribution in [3.8, 4) is 0 Å². The summed E-state index contributed by atoms with van der Waals surface area (Å²) in [5.74, 6) is 0. The Morgan fingerprint density at radius 3 is 2.55 bits per heavy atom. The monoisotopic (exact) mass is 288 g/mol. The van der Waals surface area contributed by atoms with Crippen LogP contribution in [0.2, 0.25) is 5.02 Å². The predicted molar refractivity (Wildman–Crippen MR) is 87.5 cm³/mol. The Hall–Kier alpha value is -1.51. The maximum atomic E-state index is 6.40. The third-order valence-corrected chi connectivity index (χ3v) is 3.78. The number of halogens is 1. The van der Waals surface area contributed by atoms with E-state index in [2.05, 4.69) is 60.6 Å². The van der Waals surface area contributed by atoms with Crippen LogP contribution in [0.15, 0.2) is 42.5 Å². The summed E-state index contributed by atoms with van der Waals surface area (Å²) in [5.41, 5.74) is 4.90. The van der Waals surface area contributed by atoms with Crippen LogP contribution in [0.1, 0.15) is 16.7 Å². The van der Waals surface area contributed by atoms with E-state index >= 15 is 0 Å². The van der Waals surface area contributed by atoms with Crippen molar-refractivity contribution in [1.82, 2.24) is 5.32 Å². The molecule has 0 aliphatic carbocycles. The molecule has 2 aromatic carbocycles. The highest BCUT2D eigenvalue weighted by molar-refractivity contribution is 6.33. The molecule has 106 valence electrons. The zero-order valence-electron chi connectivity index (χ0n) is 12.3. The van der Waals surface area contributed by atoms with Gasteiger partial charge in [-0.2, -0.15) is 0 Å². The third kappa shape index (κ3) is 3.53. The number of rotatable bonds is 5. The van der Waals surface area contributed by atoms with E-state index < -0.39 is 0 Å². The summed E-state index contributed by atoms with van der Waals surface area (Å²) in [6.45, 7) is 3.83. The summed E-state index contributed by atoms with van der Waals surface area (Å²) in [6.07, 6.45) is 0. The second-order valence-electron chi connectivity index (χ2n) is 5.10. The molecule has 0 heterocycles. The van der Waals surface area contributed by atoms with Gasteiger partial charge in [-0.1, -0.05) is 41.9 Å². The van der Waals surface area contributed by atoms with Crippen LogP contribution >= 0.6 is 11.6 Å². The Labute approximate surface area is 126 Å². The van der Waals surface area contributed by atoms with Crippen LogP contribution in [0.5, 0.6) is 0 Å². The Bertz CT molecular complexity index is 581. The van der Waals surface area contributed by atoms with Gasteiger partial charge in [0, 0.05) is 20.1 Å². The zero-order chi connectivity index (χ0) is 14.5. The van der Waals surface area contributed by atoms with Crippen LogP contribution in [0.4, 0.5) is 5.69 Å². The number of nitrogens with zero attached hydrogens (tertiary/aromatic N) is 1. The lowest BCUT2D eigenvalue weighted by molar-refractivity contribution is 0.817. The molecule has 0 saturated heterocycles. The summed E-state index contributed by atoms with van der Waals surface area (Å²) >= 11 is 6.40. The first kappa shape index (κ1) is 14.9. The summed E-state index contributed by atoms with van der Waals surface area (Å²) < 4.78 is 0. The summed E-state index contributed by atoms with van der Waals surface area (Å²) in [7, 11) is 4.01. The number of nitrogens with one attached hydrogen (secondary N) is 1. The molecule has 0 bridgehead atoms. The molecule has 2 nitrogen and oxygen atoms in total. The Kier molecular flexibility index (Phi) is 5.05. The minimum absolute atomic E-state index is 0.800. The van der Waals surface area contributed by atoms with Crippen LogP contribution in [0.25, 0.3) is 0 Å². The minimum atomic E-state index is 0.800. The molecule has 0 amide bonds. The van der Waals surface area contributed by atoms with Gasteiger partial charge in [-0.15, -0.1) is 0 Å². The third-order valence-electron chi connectivity index (χ3n) is 3.47. The van der Waals surface area contributed by atoms with Crippen LogP contribution in [0.3, 0.4) is 0 Å². The minimum Gasteiger partial charge on any atom is -0.369 e. The topological polar surface area (TPSA) is 15.3 Å². The van der Waals surface area contributed by atoms with Gasteiger partial charge in [0.25, 0.3) is 0 Å². The fraction of sp³-hybridized carbons (Fsp3) is 0.294. The fourth-order valence-electron chi connectivity index (χ4n) is 2.30. The van der Waals surface area contributed by atoms with Crippen LogP contribution in [-0.4, -0.2) is 14.1 Å². The lowest BCUT2D eigenvalue weighted by Crippen LogP contribution is -2.17. The summed E-state index contributed by atoms with van der Waals surface area (Å²) in [5, 5.41) is 3.93. The first-order valence-corrected chi connectivity index (χ1v) is 7.18. The largest absolute Gasteiger partial charge is 0.369 e. The van der Waals surface area contributed by atoms with Crippen LogP contribution < -0.4 is 10.2 Å². The van der Waals surface area contributed by atoms with E-state index in [1.54, 1.807) is 0 Å². The SMILES string of the molecule is CNCc1ccc(N(C)Cc2ccccc2C)c(Cl)c1. The van der Waals surface area contributed by atoms with Gasteiger partial charge in [0.05, 0.1) is 10.7 Å². The van der Waals surface area contributed by atoms with Gasteiger partial charge in [0.15, 0.2) is 0 Å². The number of hydrogen-bond acceptors (Lipinski definition) is 2. The molecular formula is C17H21ClN2. The molecule has 0 fully saturated rings. The second kappa shape index (κ2) is 6.78. The van der Waals surface area contributed by atoms with Crippen molar-refractivity contribution in [1.29, 1.82) is 0 Å². The van der Waals surface area contributed by atoms with E-state index in [0.29, 0.717) is 0 Å². The first-order chi connectivity index (χ1) is 9.61. The Morgan fingerprint density at radius 2 is 1.90 bits per heavy atom. The summed E-state index contributed by atoms with van der Waals surface area (Å²) in [6, 6.07) is 14.7. The molecule has 0 aliphatic rings. The Morgan fingerprint density at radius 1 is 1.15 bits per heavy atom. The van der Waals surface area contributed by atoms with Crippen molar-refractivity contribution < 1.29 is 0 Å². The highest BCUT2D eigenvalue weighted by atomic mass is 35.5. The molecule has 1 N–H and O–H groups in total. The molecule has 0 unspecified atom stereocenters. The van der Waals surface area contributed by atoms with E-state index in [0.717, 1.165) is 23.8 Å².